The fraction of sp³-hybridized carbons (Fsp3) is 1.00. The molecule has 3 N–H and O–H groups in total. The first kappa shape index (κ1) is 15.7. The van der Waals surface area contributed by atoms with Gasteiger partial charge in [0.05, 0.1) is 0 Å². The van der Waals surface area contributed by atoms with Crippen LogP contribution in [0.25, 0.3) is 0 Å². The van der Waals surface area contributed by atoms with Crippen molar-refractivity contribution in [1.82, 2.24) is 5.32 Å². The van der Waals surface area contributed by atoms with Crippen LogP contribution in [0.15, 0.2) is 0 Å². The third-order valence-corrected chi connectivity index (χ3v) is 2.14. The SMILES string of the molecule is COCCCC(N)CNCCCC(F)(F)F. The zero-order chi connectivity index (χ0) is 12.4. The van der Waals surface area contributed by atoms with E-state index in [9.17, 15) is 13.2 Å². The number of ether oxygens (including phenoxy) is 1. The van der Waals surface area contributed by atoms with Crippen molar-refractivity contribution in [3.8, 4) is 0 Å². The molecule has 16 heavy (non-hydrogen) atoms. The van der Waals surface area contributed by atoms with Crippen LogP contribution in [-0.4, -0.2) is 39.0 Å². The normalized spacial score (nSPS) is 14.1. The molecule has 0 aromatic rings. The Morgan fingerprint density at radius 2 is 2.00 bits per heavy atom. The molecule has 0 rings (SSSR count). The lowest BCUT2D eigenvalue weighted by Gasteiger charge is -2.12. The molecular weight excluding hydrogens is 221 g/mol. The summed E-state index contributed by atoms with van der Waals surface area (Å²) in [5, 5.41) is 2.92. The highest BCUT2D eigenvalue weighted by atomic mass is 19.4. The van der Waals surface area contributed by atoms with Gasteiger partial charge in [0, 0.05) is 32.7 Å². The van der Waals surface area contributed by atoms with E-state index in [1.165, 1.54) is 0 Å². The Morgan fingerprint density at radius 1 is 1.31 bits per heavy atom. The molecule has 0 aliphatic heterocycles. The summed E-state index contributed by atoms with van der Waals surface area (Å²) in [4.78, 5) is 0. The topological polar surface area (TPSA) is 47.3 Å². The minimum atomic E-state index is -4.05. The lowest BCUT2D eigenvalue weighted by molar-refractivity contribution is -0.135. The fourth-order valence-electron chi connectivity index (χ4n) is 1.29. The molecule has 3 nitrogen and oxygen atoms in total. The first-order valence-corrected chi connectivity index (χ1v) is 5.47. The number of nitrogens with one attached hydrogen (secondary N) is 1. The van der Waals surface area contributed by atoms with Gasteiger partial charge in [-0.15, -0.1) is 0 Å². The van der Waals surface area contributed by atoms with Crippen LogP contribution in [0, 0.1) is 0 Å². The molecule has 0 saturated carbocycles. The van der Waals surface area contributed by atoms with E-state index in [1.807, 2.05) is 0 Å². The van der Waals surface area contributed by atoms with E-state index in [4.69, 9.17) is 10.5 Å². The van der Waals surface area contributed by atoms with E-state index in [-0.39, 0.29) is 12.5 Å². The van der Waals surface area contributed by atoms with Crippen LogP contribution in [-0.2, 0) is 4.74 Å². The number of hydrogen-bond acceptors (Lipinski definition) is 3. The van der Waals surface area contributed by atoms with E-state index < -0.39 is 12.6 Å². The van der Waals surface area contributed by atoms with Crippen LogP contribution >= 0.6 is 0 Å². The highest BCUT2D eigenvalue weighted by Crippen LogP contribution is 2.20. The lowest BCUT2D eigenvalue weighted by atomic mass is 10.2. The zero-order valence-electron chi connectivity index (χ0n) is 9.65. The van der Waals surface area contributed by atoms with Crippen LogP contribution in [0.5, 0.6) is 0 Å². The molecule has 0 amide bonds. The standard InChI is InChI=1S/C10H21F3N2O/c1-16-7-2-4-9(14)8-15-6-3-5-10(11,12)13/h9,15H,2-8,14H2,1H3. The summed E-state index contributed by atoms with van der Waals surface area (Å²) in [6, 6.07) is -0.0129. The van der Waals surface area contributed by atoms with Crippen molar-refractivity contribution in [2.45, 2.75) is 37.9 Å². The van der Waals surface area contributed by atoms with Gasteiger partial charge in [-0.05, 0) is 25.8 Å². The van der Waals surface area contributed by atoms with Gasteiger partial charge in [-0.3, -0.25) is 0 Å². The minimum absolute atomic E-state index is 0.0129. The van der Waals surface area contributed by atoms with Crippen molar-refractivity contribution < 1.29 is 17.9 Å². The number of rotatable bonds is 9. The van der Waals surface area contributed by atoms with Gasteiger partial charge in [-0.25, -0.2) is 0 Å². The fourth-order valence-corrected chi connectivity index (χ4v) is 1.29. The number of hydrogen-bond donors (Lipinski definition) is 2. The van der Waals surface area contributed by atoms with Crippen molar-refractivity contribution in [3.63, 3.8) is 0 Å². The van der Waals surface area contributed by atoms with Gasteiger partial charge in [0.25, 0.3) is 0 Å². The summed E-state index contributed by atoms with van der Waals surface area (Å²) in [5.74, 6) is 0. The van der Waals surface area contributed by atoms with Crippen LogP contribution in [0.1, 0.15) is 25.7 Å². The predicted molar refractivity (Wildman–Crippen MR) is 57.2 cm³/mol. The average Bonchev–Trinajstić information content (AvgIpc) is 2.16. The highest BCUT2D eigenvalue weighted by Gasteiger charge is 2.25. The van der Waals surface area contributed by atoms with Crippen molar-refractivity contribution >= 4 is 0 Å². The van der Waals surface area contributed by atoms with E-state index in [0.29, 0.717) is 19.7 Å². The van der Waals surface area contributed by atoms with Crippen molar-refractivity contribution in [3.05, 3.63) is 0 Å². The molecule has 0 aliphatic rings. The summed E-state index contributed by atoms with van der Waals surface area (Å²) in [6.07, 6.45) is -2.99. The zero-order valence-corrected chi connectivity index (χ0v) is 9.65. The van der Waals surface area contributed by atoms with Gasteiger partial charge in [-0.1, -0.05) is 0 Å². The largest absolute Gasteiger partial charge is 0.389 e. The van der Waals surface area contributed by atoms with E-state index in [0.717, 1.165) is 12.8 Å². The maximum atomic E-state index is 11.8. The summed E-state index contributed by atoms with van der Waals surface area (Å²) in [6.45, 7) is 1.58. The summed E-state index contributed by atoms with van der Waals surface area (Å²) < 4.78 is 40.2. The van der Waals surface area contributed by atoms with E-state index >= 15 is 0 Å². The number of halogens is 3. The predicted octanol–water partition coefficient (Wildman–Crippen LogP) is 1.67. The van der Waals surface area contributed by atoms with Crippen molar-refractivity contribution in [2.75, 3.05) is 26.8 Å². The van der Waals surface area contributed by atoms with E-state index in [1.54, 1.807) is 7.11 Å². The molecule has 0 aliphatic carbocycles. The van der Waals surface area contributed by atoms with Gasteiger partial charge >= 0.3 is 6.18 Å². The second-order valence-corrected chi connectivity index (χ2v) is 3.82. The summed E-state index contributed by atoms with van der Waals surface area (Å²) >= 11 is 0. The Kier molecular flexibility index (Phi) is 8.60. The first-order chi connectivity index (χ1) is 7.45. The third kappa shape index (κ3) is 11.7. The second-order valence-electron chi connectivity index (χ2n) is 3.82. The molecule has 0 aromatic carbocycles. The maximum absolute atomic E-state index is 11.8. The average molecular weight is 242 g/mol. The maximum Gasteiger partial charge on any atom is 0.389 e. The van der Waals surface area contributed by atoms with Gasteiger partial charge in [0.1, 0.15) is 0 Å². The smallest absolute Gasteiger partial charge is 0.385 e. The van der Waals surface area contributed by atoms with Gasteiger partial charge < -0.3 is 15.8 Å². The van der Waals surface area contributed by atoms with Crippen LogP contribution in [0.3, 0.4) is 0 Å². The highest BCUT2D eigenvalue weighted by molar-refractivity contribution is 4.65. The Hall–Kier alpha value is -0.330. The number of methoxy groups -OCH3 is 1. The Labute approximate surface area is 94.5 Å². The number of nitrogens with two attached hydrogens (primary N) is 1. The second kappa shape index (κ2) is 8.78. The summed E-state index contributed by atoms with van der Waals surface area (Å²) in [7, 11) is 1.63. The minimum Gasteiger partial charge on any atom is -0.385 e. The molecule has 0 saturated heterocycles. The molecule has 1 unspecified atom stereocenters. The molecule has 0 radical (unpaired) electrons. The lowest BCUT2D eigenvalue weighted by Crippen LogP contribution is -2.34. The van der Waals surface area contributed by atoms with Crippen LogP contribution < -0.4 is 11.1 Å². The van der Waals surface area contributed by atoms with Crippen molar-refractivity contribution in [2.24, 2.45) is 5.73 Å². The Morgan fingerprint density at radius 3 is 2.56 bits per heavy atom. The van der Waals surface area contributed by atoms with Gasteiger partial charge in [-0.2, -0.15) is 13.2 Å². The molecule has 0 heterocycles. The molecule has 6 heteroatoms. The monoisotopic (exact) mass is 242 g/mol. The quantitative estimate of drug-likeness (QED) is 0.605. The molecule has 98 valence electrons. The summed E-state index contributed by atoms with van der Waals surface area (Å²) in [5.41, 5.74) is 5.74. The molecule has 0 aromatic heterocycles. The molecule has 1 atom stereocenters. The molecule has 0 spiro atoms. The molecular formula is C10H21F3N2O. The van der Waals surface area contributed by atoms with Gasteiger partial charge in [0.15, 0.2) is 0 Å². The van der Waals surface area contributed by atoms with Crippen LogP contribution in [0.4, 0.5) is 13.2 Å². The molecule has 0 bridgehead atoms. The van der Waals surface area contributed by atoms with Gasteiger partial charge in [0.2, 0.25) is 0 Å². The molecule has 0 fully saturated rings. The Balaban J connectivity index is 3.24. The van der Waals surface area contributed by atoms with Crippen LogP contribution in [0.2, 0.25) is 0 Å². The Bertz CT molecular complexity index is 165. The number of alkyl halides is 3. The van der Waals surface area contributed by atoms with Crippen molar-refractivity contribution in [1.29, 1.82) is 0 Å². The third-order valence-electron chi connectivity index (χ3n) is 2.14. The first-order valence-electron chi connectivity index (χ1n) is 5.47. The van der Waals surface area contributed by atoms with E-state index in [2.05, 4.69) is 5.32 Å².